The van der Waals surface area contributed by atoms with E-state index in [-0.39, 0.29) is 17.2 Å². The van der Waals surface area contributed by atoms with Crippen LogP contribution in [0.5, 0.6) is 0 Å². The van der Waals surface area contributed by atoms with Gasteiger partial charge in [-0.2, -0.15) is 0 Å². The van der Waals surface area contributed by atoms with Gasteiger partial charge in [-0.3, -0.25) is 15.0 Å². The second-order valence-electron chi connectivity index (χ2n) is 7.92. The molecule has 22 heavy (non-hydrogen) atoms. The Labute approximate surface area is 134 Å². The molecule has 4 nitrogen and oxygen atoms in total. The summed E-state index contributed by atoms with van der Waals surface area (Å²) >= 11 is 0. The summed E-state index contributed by atoms with van der Waals surface area (Å²) < 4.78 is 5.33. The highest BCUT2D eigenvalue weighted by molar-refractivity contribution is 5.71. The maximum atomic E-state index is 12.3. The third-order valence-electron chi connectivity index (χ3n) is 6.73. The summed E-state index contributed by atoms with van der Waals surface area (Å²) in [6.45, 7) is 2.42. The first kappa shape index (κ1) is 14.9. The predicted molar refractivity (Wildman–Crippen MR) is 85.4 cm³/mol. The third-order valence-corrected chi connectivity index (χ3v) is 6.73. The molecule has 4 fully saturated rings. The lowest BCUT2D eigenvalue weighted by Crippen LogP contribution is -2.68. The molecule has 3 saturated heterocycles. The molecule has 1 N–H and O–H groups in total. The van der Waals surface area contributed by atoms with Gasteiger partial charge in [-0.05, 0) is 58.3 Å². The van der Waals surface area contributed by atoms with Crippen LogP contribution in [0.25, 0.3) is 0 Å². The number of nitrogens with one attached hydrogen (secondary N) is 1. The smallest absolute Gasteiger partial charge is 0.307 e. The number of hydrogen-bond acceptors (Lipinski definition) is 4. The largest absolute Gasteiger partial charge is 0.466 e. The van der Waals surface area contributed by atoms with Crippen molar-refractivity contribution in [2.45, 2.75) is 101 Å². The van der Waals surface area contributed by atoms with Crippen LogP contribution >= 0.6 is 0 Å². The number of carbonyl (C=O) groups is 1. The Morgan fingerprint density at radius 2 is 1.86 bits per heavy atom. The molecule has 124 valence electrons. The highest BCUT2D eigenvalue weighted by Gasteiger charge is 2.62. The van der Waals surface area contributed by atoms with Crippen LogP contribution in [-0.2, 0) is 9.53 Å². The van der Waals surface area contributed by atoms with Crippen molar-refractivity contribution >= 4 is 5.97 Å². The van der Waals surface area contributed by atoms with Crippen molar-refractivity contribution in [1.29, 1.82) is 0 Å². The minimum Gasteiger partial charge on any atom is -0.466 e. The fourth-order valence-corrected chi connectivity index (χ4v) is 6.17. The summed E-state index contributed by atoms with van der Waals surface area (Å²) in [7, 11) is 0. The van der Waals surface area contributed by atoms with Crippen molar-refractivity contribution in [2.24, 2.45) is 0 Å². The molecule has 3 heterocycles. The fourth-order valence-electron chi connectivity index (χ4n) is 6.17. The minimum absolute atomic E-state index is 0.0134. The van der Waals surface area contributed by atoms with Gasteiger partial charge < -0.3 is 4.74 Å². The molecular weight excluding hydrogens is 276 g/mol. The van der Waals surface area contributed by atoms with Crippen molar-refractivity contribution < 1.29 is 9.53 Å². The van der Waals surface area contributed by atoms with E-state index in [2.05, 4.69) is 10.2 Å². The molecular formula is C18H30N2O2. The van der Waals surface area contributed by atoms with Gasteiger partial charge in [0, 0.05) is 17.6 Å². The molecule has 2 unspecified atom stereocenters. The quantitative estimate of drug-likeness (QED) is 0.814. The Balaban J connectivity index is 1.66. The summed E-state index contributed by atoms with van der Waals surface area (Å²) in [5, 5.41) is 4.04. The second-order valence-corrected chi connectivity index (χ2v) is 7.92. The predicted octanol–water partition coefficient (Wildman–Crippen LogP) is 2.96. The van der Waals surface area contributed by atoms with Crippen LogP contribution in [0.2, 0.25) is 0 Å². The maximum Gasteiger partial charge on any atom is 0.307 e. The standard InChI is InChI=1S/C18H30N2O2/c1-2-22-16(21)13-17-9-5-11-18(12-6-10-17)19-14-7-3-4-8-15(14)20(17)18/h14-15,19H,2-13H2,1H3. The molecule has 4 heteroatoms. The van der Waals surface area contributed by atoms with Gasteiger partial charge in [0.25, 0.3) is 0 Å². The van der Waals surface area contributed by atoms with E-state index >= 15 is 0 Å². The Hall–Kier alpha value is -0.610. The lowest BCUT2D eigenvalue weighted by atomic mass is 9.69. The normalized spacial score (nSPS) is 44.2. The first-order valence-corrected chi connectivity index (χ1v) is 9.42. The summed E-state index contributed by atoms with van der Waals surface area (Å²) in [6, 6.07) is 1.32. The molecule has 0 radical (unpaired) electrons. The van der Waals surface area contributed by atoms with Gasteiger partial charge in [-0.1, -0.05) is 12.8 Å². The second kappa shape index (κ2) is 5.48. The van der Waals surface area contributed by atoms with Gasteiger partial charge in [0.2, 0.25) is 0 Å². The summed E-state index contributed by atoms with van der Waals surface area (Å²) in [5.41, 5.74) is 0.273. The van der Waals surface area contributed by atoms with Crippen LogP contribution in [0.3, 0.4) is 0 Å². The van der Waals surface area contributed by atoms with Crippen molar-refractivity contribution in [1.82, 2.24) is 10.2 Å². The van der Waals surface area contributed by atoms with E-state index in [1.807, 2.05) is 6.92 Å². The molecule has 3 aliphatic heterocycles. The Morgan fingerprint density at radius 3 is 2.59 bits per heavy atom. The monoisotopic (exact) mass is 306 g/mol. The molecule has 0 aromatic heterocycles. The van der Waals surface area contributed by atoms with Crippen LogP contribution in [0, 0.1) is 0 Å². The summed E-state index contributed by atoms with van der Waals surface area (Å²) in [6.07, 6.45) is 13.3. The van der Waals surface area contributed by atoms with Crippen molar-refractivity contribution in [3.63, 3.8) is 0 Å². The van der Waals surface area contributed by atoms with E-state index in [0.717, 1.165) is 0 Å². The van der Waals surface area contributed by atoms with Crippen LogP contribution in [0.1, 0.15) is 77.6 Å². The molecule has 4 rings (SSSR count). The molecule has 0 aromatic carbocycles. The molecule has 1 aliphatic carbocycles. The molecule has 0 amide bonds. The Kier molecular flexibility index (Phi) is 3.73. The first-order chi connectivity index (χ1) is 10.7. The van der Waals surface area contributed by atoms with Gasteiger partial charge in [-0.25, -0.2) is 0 Å². The SMILES string of the molecule is CCOC(=O)CC12CCCC3(CCC1)NC1CCCCC1N23. The number of esters is 1. The van der Waals surface area contributed by atoms with Gasteiger partial charge in [0.05, 0.1) is 18.7 Å². The number of ether oxygens (including phenoxy) is 1. The zero-order valence-electron chi connectivity index (χ0n) is 13.9. The van der Waals surface area contributed by atoms with Crippen LogP contribution in [0.4, 0.5) is 0 Å². The number of rotatable bonds is 3. The van der Waals surface area contributed by atoms with Crippen LogP contribution in [0.15, 0.2) is 0 Å². The molecule has 0 aromatic rings. The number of carbonyl (C=O) groups excluding carboxylic acids is 1. The molecule has 0 spiro atoms. The summed E-state index contributed by atoms with van der Waals surface area (Å²) in [5.74, 6) is 0.0134. The summed E-state index contributed by atoms with van der Waals surface area (Å²) in [4.78, 5) is 15.1. The molecule has 1 saturated carbocycles. The van der Waals surface area contributed by atoms with Gasteiger partial charge in [0.15, 0.2) is 0 Å². The van der Waals surface area contributed by atoms with Gasteiger partial charge in [0.1, 0.15) is 0 Å². The van der Waals surface area contributed by atoms with E-state index in [1.54, 1.807) is 0 Å². The zero-order valence-corrected chi connectivity index (χ0v) is 13.9. The van der Waals surface area contributed by atoms with Crippen molar-refractivity contribution in [3.8, 4) is 0 Å². The first-order valence-electron chi connectivity index (χ1n) is 9.42. The van der Waals surface area contributed by atoms with E-state index in [0.29, 0.717) is 25.1 Å². The lowest BCUT2D eigenvalue weighted by molar-refractivity contribution is -0.157. The average Bonchev–Trinajstić information content (AvgIpc) is 2.83. The van der Waals surface area contributed by atoms with E-state index in [4.69, 9.17) is 4.74 Å². The lowest BCUT2D eigenvalue weighted by Gasteiger charge is -2.60. The Bertz CT molecular complexity index is 440. The number of fused-ring (bicyclic) bond motifs is 1. The van der Waals surface area contributed by atoms with Crippen LogP contribution < -0.4 is 5.32 Å². The van der Waals surface area contributed by atoms with Gasteiger partial charge >= 0.3 is 5.97 Å². The molecule has 4 aliphatic rings. The third kappa shape index (κ3) is 2.14. The topological polar surface area (TPSA) is 41.6 Å². The van der Waals surface area contributed by atoms with E-state index in [1.165, 1.54) is 64.2 Å². The zero-order chi connectivity index (χ0) is 15.2. The Morgan fingerprint density at radius 1 is 1.14 bits per heavy atom. The average molecular weight is 306 g/mol. The number of piperidine rings is 2. The minimum atomic E-state index is 0.0134. The van der Waals surface area contributed by atoms with E-state index < -0.39 is 0 Å². The van der Waals surface area contributed by atoms with Crippen molar-refractivity contribution in [3.05, 3.63) is 0 Å². The van der Waals surface area contributed by atoms with E-state index in [9.17, 15) is 4.79 Å². The van der Waals surface area contributed by atoms with Gasteiger partial charge in [-0.15, -0.1) is 0 Å². The molecule has 2 atom stereocenters. The van der Waals surface area contributed by atoms with Crippen molar-refractivity contribution in [2.75, 3.05) is 6.61 Å². The van der Waals surface area contributed by atoms with Crippen LogP contribution in [-0.4, -0.2) is 40.8 Å². The number of hydrogen-bond donors (Lipinski definition) is 1. The fraction of sp³-hybridized carbons (Fsp3) is 0.944. The number of nitrogens with zero attached hydrogens (tertiary/aromatic N) is 1. The molecule has 2 bridgehead atoms. The highest BCUT2D eigenvalue weighted by atomic mass is 16.5. The maximum absolute atomic E-state index is 12.3. The highest BCUT2D eigenvalue weighted by Crippen LogP contribution is 2.54.